The maximum Gasteiger partial charge on any atom is 0.322 e. The van der Waals surface area contributed by atoms with Gasteiger partial charge in [0.2, 0.25) is 17.7 Å². The highest BCUT2D eigenvalue weighted by atomic mass is 16.4. The van der Waals surface area contributed by atoms with Crippen molar-refractivity contribution in [2.75, 3.05) is 6.54 Å². The first-order valence-electron chi connectivity index (χ1n) is 10.4. The van der Waals surface area contributed by atoms with E-state index in [1.807, 2.05) is 33.8 Å². The van der Waals surface area contributed by atoms with Gasteiger partial charge in [-0.3, -0.25) is 19.2 Å². The molecule has 0 aliphatic carbocycles. The minimum atomic E-state index is -1.19. The van der Waals surface area contributed by atoms with Gasteiger partial charge in [0.25, 0.3) is 0 Å². The molecule has 0 fully saturated rings. The van der Waals surface area contributed by atoms with Crippen LogP contribution in [0.5, 0.6) is 0 Å². The van der Waals surface area contributed by atoms with Crippen LogP contribution in [-0.2, 0) is 25.6 Å². The number of benzene rings is 1. The Balaban J connectivity index is 2.99. The molecule has 0 spiro atoms. The highest BCUT2D eigenvalue weighted by molar-refractivity contribution is 5.93. The second kappa shape index (κ2) is 12.7. The second-order valence-corrected chi connectivity index (χ2v) is 8.32. The second-order valence-electron chi connectivity index (χ2n) is 8.32. The molecule has 9 heteroatoms. The average molecular weight is 435 g/mol. The van der Waals surface area contributed by atoms with E-state index in [0.29, 0.717) is 6.42 Å². The van der Waals surface area contributed by atoms with Crippen molar-refractivity contribution >= 4 is 23.7 Å². The van der Waals surface area contributed by atoms with Crippen LogP contribution in [-0.4, -0.2) is 53.5 Å². The number of amides is 3. The lowest BCUT2D eigenvalue weighted by Crippen LogP contribution is -2.57. The van der Waals surface area contributed by atoms with E-state index in [0.717, 1.165) is 5.56 Å². The molecule has 0 unspecified atom stereocenters. The molecular weight excluding hydrogens is 400 g/mol. The van der Waals surface area contributed by atoms with Crippen molar-refractivity contribution in [1.29, 1.82) is 0 Å². The van der Waals surface area contributed by atoms with Gasteiger partial charge in [-0.1, -0.05) is 58.0 Å². The maximum atomic E-state index is 13.0. The van der Waals surface area contributed by atoms with Crippen LogP contribution >= 0.6 is 0 Å². The van der Waals surface area contributed by atoms with Crippen molar-refractivity contribution in [2.45, 2.75) is 58.7 Å². The monoisotopic (exact) mass is 434 g/mol. The van der Waals surface area contributed by atoms with Crippen molar-refractivity contribution < 1.29 is 24.3 Å². The normalized spacial score (nSPS) is 13.9. The van der Waals surface area contributed by atoms with Crippen LogP contribution in [0.2, 0.25) is 0 Å². The zero-order valence-electron chi connectivity index (χ0n) is 18.6. The number of nitrogens with one attached hydrogen (secondary N) is 3. The van der Waals surface area contributed by atoms with E-state index < -0.39 is 48.4 Å². The third-order valence-electron chi connectivity index (χ3n) is 4.69. The highest BCUT2D eigenvalue weighted by Crippen LogP contribution is 2.09. The van der Waals surface area contributed by atoms with Gasteiger partial charge in [-0.05, 0) is 23.8 Å². The third-order valence-corrected chi connectivity index (χ3v) is 4.69. The molecule has 0 saturated heterocycles. The van der Waals surface area contributed by atoms with Gasteiger partial charge >= 0.3 is 5.97 Å². The van der Waals surface area contributed by atoms with Gasteiger partial charge < -0.3 is 26.8 Å². The van der Waals surface area contributed by atoms with E-state index in [-0.39, 0.29) is 18.3 Å². The summed E-state index contributed by atoms with van der Waals surface area (Å²) in [4.78, 5) is 48.8. The van der Waals surface area contributed by atoms with Crippen LogP contribution in [0.4, 0.5) is 0 Å². The van der Waals surface area contributed by atoms with E-state index >= 15 is 0 Å². The summed E-state index contributed by atoms with van der Waals surface area (Å²) in [5.74, 6) is -2.77. The first kappa shape index (κ1) is 26.1. The molecule has 1 rings (SSSR count). The Bertz CT molecular complexity index is 752. The SMILES string of the molecule is CC(C)C[C@H](NC(=O)[C@@H](N)C(C)C)C(=O)N[C@@H](Cc1ccccc1)C(=O)NCC(=O)O. The Morgan fingerprint density at radius 1 is 0.903 bits per heavy atom. The molecule has 0 aliphatic rings. The number of rotatable bonds is 12. The molecule has 31 heavy (non-hydrogen) atoms. The van der Waals surface area contributed by atoms with Gasteiger partial charge in [-0.2, -0.15) is 0 Å². The Hall–Kier alpha value is -2.94. The Kier molecular flexibility index (Phi) is 10.7. The maximum absolute atomic E-state index is 13.0. The molecule has 0 aliphatic heterocycles. The predicted molar refractivity (Wildman–Crippen MR) is 117 cm³/mol. The fraction of sp³-hybridized carbons (Fsp3) is 0.545. The number of hydrogen-bond donors (Lipinski definition) is 5. The average Bonchev–Trinajstić information content (AvgIpc) is 2.70. The van der Waals surface area contributed by atoms with E-state index in [1.165, 1.54) is 0 Å². The summed E-state index contributed by atoms with van der Waals surface area (Å²) in [6.07, 6.45) is 0.531. The topological polar surface area (TPSA) is 151 Å². The van der Waals surface area contributed by atoms with E-state index in [9.17, 15) is 19.2 Å². The summed E-state index contributed by atoms with van der Waals surface area (Å²) in [5, 5.41) is 16.5. The predicted octanol–water partition coefficient (Wildman–Crippen LogP) is 0.429. The van der Waals surface area contributed by atoms with Gasteiger partial charge in [-0.15, -0.1) is 0 Å². The van der Waals surface area contributed by atoms with Gasteiger partial charge in [0.1, 0.15) is 18.6 Å². The lowest BCUT2D eigenvalue weighted by molar-refractivity contribution is -0.138. The molecule has 0 saturated carbocycles. The summed E-state index contributed by atoms with van der Waals surface area (Å²) >= 11 is 0. The largest absolute Gasteiger partial charge is 0.480 e. The van der Waals surface area contributed by atoms with Crippen LogP contribution in [0, 0.1) is 11.8 Å². The lowest BCUT2D eigenvalue weighted by atomic mass is 9.99. The van der Waals surface area contributed by atoms with Crippen LogP contribution in [0.3, 0.4) is 0 Å². The first-order valence-corrected chi connectivity index (χ1v) is 10.4. The van der Waals surface area contributed by atoms with Gasteiger partial charge in [-0.25, -0.2) is 0 Å². The molecule has 3 amide bonds. The van der Waals surface area contributed by atoms with Crippen molar-refractivity contribution in [3.05, 3.63) is 35.9 Å². The minimum Gasteiger partial charge on any atom is -0.480 e. The van der Waals surface area contributed by atoms with Crippen LogP contribution in [0.1, 0.15) is 39.7 Å². The summed E-state index contributed by atoms with van der Waals surface area (Å²) in [6.45, 7) is 6.88. The number of hydrogen-bond acceptors (Lipinski definition) is 5. The third kappa shape index (κ3) is 9.61. The van der Waals surface area contributed by atoms with E-state index in [2.05, 4.69) is 16.0 Å². The smallest absolute Gasteiger partial charge is 0.322 e. The van der Waals surface area contributed by atoms with Crippen molar-refractivity contribution in [3.8, 4) is 0 Å². The molecule has 3 atom stereocenters. The molecule has 0 aromatic heterocycles. The summed E-state index contributed by atoms with van der Waals surface area (Å²) < 4.78 is 0. The Morgan fingerprint density at radius 3 is 2.00 bits per heavy atom. The highest BCUT2D eigenvalue weighted by Gasteiger charge is 2.29. The molecule has 0 bridgehead atoms. The zero-order chi connectivity index (χ0) is 23.6. The van der Waals surface area contributed by atoms with Crippen molar-refractivity contribution in [1.82, 2.24) is 16.0 Å². The van der Waals surface area contributed by atoms with Crippen molar-refractivity contribution in [2.24, 2.45) is 17.6 Å². The van der Waals surface area contributed by atoms with Gasteiger partial charge in [0, 0.05) is 6.42 Å². The lowest BCUT2D eigenvalue weighted by Gasteiger charge is -2.26. The van der Waals surface area contributed by atoms with E-state index in [1.54, 1.807) is 24.3 Å². The summed E-state index contributed by atoms with van der Waals surface area (Å²) in [5.41, 5.74) is 6.69. The molecule has 1 aromatic carbocycles. The molecule has 9 nitrogen and oxygen atoms in total. The van der Waals surface area contributed by atoms with Crippen LogP contribution in [0.15, 0.2) is 30.3 Å². The Labute approximate surface area is 183 Å². The van der Waals surface area contributed by atoms with Crippen LogP contribution < -0.4 is 21.7 Å². The minimum absolute atomic E-state index is 0.0970. The zero-order valence-corrected chi connectivity index (χ0v) is 18.6. The van der Waals surface area contributed by atoms with Gasteiger partial charge in [0.15, 0.2) is 0 Å². The molecular formula is C22H34N4O5. The number of carbonyl (C=O) groups excluding carboxylic acids is 3. The summed E-state index contributed by atoms with van der Waals surface area (Å²) in [6, 6.07) is 6.41. The van der Waals surface area contributed by atoms with Crippen LogP contribution in [0.25, 0.3) is 0 Å². The molecule has 0 heterocycles. The Morgan fingerprint density at radius 2 is 1.48 bits per heavy atom. The standard InChI is InChI=1S/C22H34N4O5/c1-13(2)10-16(26-22(31)19(23)14(3)4)21(30)25-17(20(29)24-12-18(27)28)11-15-8-6-5-7-9-15/h5-9,13-14,16-17,19H,10-12,23H2,1-4H3,(H,24,29)(H,25,30)(H,26,31)(H,27,28)/t16-,17-,19-/m0/s1. The number of carbonyl (C=O) groups is 4. The molecule has 1 aromatic rings. The fourth-order valence-corrected chi connectivity index (χ4v) is 2.89. The quantitative estimate of drug-likeness (QED) is 0.322. The molecule has 0 radical (unpaired) electrons. The summed E-state index contributed by atoms with van der Waals surface area (Å²) in [7, 11) is 0. The first-order chi connectivity index (χ1) is 14.5. The van der Waals surface area contributed by atoms with Gasteiger partial charge in [0.05, 0.1) is 6.04 Å². The molecule has 6 N–H and O–H groups in total. The number of carboxylic acid groups (broad SMARTS) is 1. The number of aliphatic carboxylic acids is 1. The number of nitrogens with two attached hydrogens (primary N) is 1. The molecule has 172 valence electrons. The van der Waals surface area contributed by atoms with E-state index in [4.69, 9.17) is 10.8 Å². The number of carboxylic acids is 1. The van der Waals surface area contributed by atoms with Crippen molar-refractivity contribution in [3.63, 3.8) is 0 Å². The fourth-order valence-electron chi connectivity index (χ4n) is 2.89.